The highest BCUT2D eigenvalue weighted by Crippen LogP contribution is 2.31. The average molecular weight is 448 g/mol. The summed E-state index contributed by atoms with van der Waals surface area (Å²) in [6, 6.07) is 21.2. The number of hydrogen-bond donors (Lipinski definition) is 3. The molecule has 7 heteroatoms. The number of halogens is 1. The Morgan fingerprint density at radius 1 is 1.06 bits per heavy atom. The van der Waals surface area contributed by atoms with Crippen LogP contribution in [0.3, 0.4) is 0 Å². The van der Waals surface area contributed by atoms with E-state index in [1.165, 1.54) is 0 Å². The third-order valence-electron chi connectivity index (χ3n) is 5.18. The van der Waals surface area contributed by atoms with Crippen LogP contribution in [0.2, 0.25) is 5.02 Å². The fourth-order valence-electron chi connectivity index (χ4n) is 3.54. The number of para-hydroxylation sites is 1. The Hall–Kier alpha value is -3.35. The molecular weight excluding hydrogens is 422 g/mol. The van der Waals surface area contributed by atoms with Crippen molar-refractivity contribution in [1.82, 2.24) is 20.4 Å². The summed E-state index contributed by atoms with van der Waals surface area (Å²) in [5, 5.41) is 15.6. The molecule has 1 aromatic heterocycles. The van der Waals surface area contributed by atoms with E-state index >= 15 is 0 Å². The molecule has 0 aliphatic rings. The van der Waals surface area contributed by atoms with E-state index in [9.17, 15) is 4.79 Å². The van der Waals surface area contributed by atoms with Gasteiger partial charge in [0.05, 0.1) is 21.9 Å². The summed E-state index contributed by atoms with van der Waals surface area (Å²) in [5.74, 6) is -0.0725. The monoisotopic (exact) mass is 447 g/mol. The Morgan fingerprint density at radius 2 is 1.91 bits per heavy atom. The van der Waals surface area contributed by atoms with Gasteiger partial charge in [-0.05, 0) is 69.5 Å². The number of H-pyrrole nitrogens is 1. The van der Waals surface area contributed by atoms with Crippen LogP contribution in [0.25, 0.3) is 22.2 Å². The number of fused-ring (bicyclic) bond motifs is 1. The predicted octanol–water partition coefficient (Wildman–Crippen LogP) is 5.31. The molecule has 0 spiro atoms. The highest BCUT2D eigenvalue weighted by atomic mass is 35.5. The highest BCUT2D eigenvalue weighted by molar-refractivity contribution is 6.33. The zero-order valence-electron chi connectivity index (χ0n) is 18.2. The Bertz CT molecular complexity index is 1230. The van der Waals surface area contributed by atoms with Crippen LogP contribution in [0, 0.1) is 0 Å². The minimum atomic E-state index is -0.0725. The second kappa shape index (κ2) is 9.85. The number of benzene rings is 3. The normalized spacial score (nSPS) is 11.1. The van der Waals surface area contributed by atoms with Crippen molar-refractivity contribution in [2.75, 3.05) is 32.5 Å². The SMILES string of the molecule is CN(C)CCCNC(=O)c1cccc(-c2n[nH]c3cc(Nc4ccccc4Cl)ccc23)c1. The maximum Gasteiger partial charge on any atom is 0.251 e. The van der Waals surface area contributed by atoms with Gasteiger partial charge in [0.25, 0.3) is 5.91 Å². The summed E-state index contributed by atoms with van der Waals surface area (Å²) in [4.78, 5) is 14.7. The van der Waals surface area contributed by atoms with Crippen molar-refractivity contribution in [2.24, 2.45) is 0 Å². The number of aromatic nitrogens is 2. The van der Waals surface area contributed by atoms with Crippen molar-refractivity contribution in [1.29, 1.82) is 0 Å². The number of amides is 1. The van der Waals surface area contributed by atoms with E-state index in [4.69, 9.17) is 11.6 Å². The number of hydrogen-bond acceptors (Lipinski definition) is 4. The average Bonchev–Trinajstić information content (AvgIpc) is 3.21. The molecule has 0 aliphatic heterocycles. The van der Waals surface area contributed by atoms with Crippen LogP contribution in [-0.4, -0.2) is 48.2 Å². The molecular formula is C25H26ClN5O. The summed E-state index contributed by atoms with van der Waals surface area (Å²) in [7, 11) is 4.05. The van der Waals surface area contributed by atoms with Gasteiger partial charge in [0, 0.05) is 28.7 Å². The summed E-state index contributed by atoms with van der Waals surface area (Å²) in [5.41, 5.74) is 4.98. The van der Waals surface area contributed by atoms with E-state index < -0.39 is 0 Å². The molecule has 0 bridgehead atoms. The van der Waals surface area contributed by atoms with Crippen molar-refractivity contribution in [2.45, 2.75) is 6.42 Å². The Balaban J connectivity index is 1.52. The molecule has 4 rings (SSSR count). The first kappa shape index (κ1) is 21.9. The van der Waals surface area contributed by atoms with Crippen LogP contribution >= 0.6 is 11.6 Å². The van der Waals surface area contributed by atoms with Crippen LogP contribution in [0.15, 0.2) is 66.7 Å². The largest absolute Gasteiger partial charge is 0.354 e. The lowest BCUT2D eigenvalue weighted by Crippen LogP contribution is -2.27. The van der Waals surface area contributed by atoms with E-state index in [2.05, 4.69) is 25.7 Å². The van der Waals surface area contributed by atoms with Crippen LogP contribution in [0.4, 0.5) is 11.4 Å². The maximum atomic E-state index is 12.5. The Labute approximate surface area is 192 Å². The predicted molar refractivity (Wildman–Crippen MR) is 132 cm³/mol. The maximum absolute atomic E-state index is 12.5. The van der Waals surface area contributed by atoms with Gasteiger partial charge in [-0.2, -0.15) is 5.10 Å². The topological polar surface area (TPSA) is 73.0 Å². The second-order valence-electron chi connectivity index (χ2n) is 7.93. The van der Waals surface area contributed by atoms with Crippen molar-refractivity contribution in [3.05, 3.63) is 77.3 Å². The van der Waals surface area contributed by atoms with Crippen LogP contribution in [-0.2, 0) is 0 Å². The molecule has 0 fully saturated rings. The number of nitrogens with one attached hydrogen (secondary N) is 3. The lowest BCUT2D eigenvalue weighted by atomic mass is 10.0. The highest BCUT2D eigenvalue weighted by Gasteiger charge is 2.12. The molecule has 0 saturated heterocycles. The fraction of sp³-hybridized carbons (Fsp3) is 0.200. The molecule has 4 aromatic rings. The number of carbonyl (C=O) groups is 1. The van der Waals surface area contributed by atoms with E-state index in [1.807, 2.05) is 80.8 Å². The van der Waals surface area contributed by atoms with Crippen molar-refractivity contribution in [3.8, 4) is 11.3 Å². The standard InChI is InChI=1S/C25H26ClN5O/c1-31(2)14-6-13-27-25(32)18-8-5-7-17(15-18)24-20-12-11-19(16-23(20)29-30-24)28-22-10-4-3-9-21(22)26/h3-5,7-12,15-16,28H,6,13-14H2,1-2H3,(H,27,32)(H,29,30). The minimum Gasteiger partial charge on any atom is -0.354 e. The van der Waals surface area contributed by atoms with Gasteiger partial charge < -0.3 is 15.5 Å². The number of anilines is 2. The zero-order valence-corrected chi connectivity index (χ0v) is 18.9. The summed E-state index contributed by atoms with van der Waals surface area (Å²) >= 11 is 6.25. The third kappa shape index (κ3) is 5.10. The summed E-state index contributed by atoms with van der Waals surface area (Å²) in [6.45, 7) is 1.58. The summed E-state index contributed by atoms with van der Waals surface area (Å²) < 4.78 is 0. The molecule has 1 amide bonds. The second-order valence-corrected chi connectivity index (χ2v) is 8.34. The smallest absolute Gasteiger partial charge is 0.251 e. The van der Waals surface area contributed by atoms with Gasteiger partial charge in [-0.25, -0.2) is 0 Å². The van der Waals surface area contributed by atoms with Crippen molar-refractivity contribution < 1.29 is 4.79 Å². The molecule has 32 heavy (non-hydrogen) atoms. The molecule has 0 unspecified atom stereocenters. The van der Waals surface area contributed by atoms with Crippen molar-refractivity contribution >= 4 is 39.8 Å². The fourth-order valence-corrected chi connectivity index (χ4v) is 3.73. The van der Waals surface area contributed by atoms with Crippen LogP contribution < -0.4 is 10.6 Å². The molecule has 0 saturated carbocycles. The zero-order chi connectivity index (χ0) is 22.5. The Morgan fingerprint density at radius 3 is 2.72 bits per heavy atom. The van der Waals surface area contributed by atoms with Gasteiger partial charge in [-0.1, -0.05) is 35.9 Å². The van der Waals surface area contributed by atoms with E-state index in [0.29, 0.717) is 17.1 Å². The van der Waals surface area contributed by atoms with Crippen LogP contribution in [0.1, 0.15) is 16.8 Å². The molecule has 164 valence electrons. The molecule has 3 aromatic carbocycles. The number of aromatic amines is 1. The lowest BCUT2D eigenvalue weighted by molar-refractivity contribution is 0.0952. The first-order valence-corrected chi connectivity index (χ1v) is 10.9. The summed E-state index contributed by atoms with van der Waals surface area (Å²) in [6.07, 6.45) is 0.910. The number of nitrogens with zero attached hydrogens (tertiary/aromatic N) is 2. The number of carbonyl (C=O) groups excluding carboxylic acids is 1. The quantitative estimate of drug-likeness (QED) is 0.320. The van der Waals surface area contributed by atoms with Gasteiger partial charge in [0.2, 0.25) is 0 Å². The molecule has 1 heterocycles. The molecule has 3 N–H and O–H groups in total. The van der Waals surface area contributed by atoms with Gasteiger partial charge in [0.1, 0.15) is 0 Å². The van der Waals surface area contributed by atoms with Gasteiger partial charge in [-0.15, -0.1) is 0 Å². The lowest BCUT2D eigenvalue weighted by Gasteiger charge is -2.10. The van der Waals surface area contributed by atoms with Gasteiger partial charge in [0.15, 0.2) is 0 Å². The molecule has 6 nitrogen and oxygen atoms in total. The van der Waals surface area contributed by atoms with E-state index in [0.717, 1.165) is 46.5 Å². The van der Waals surface area contributed by atoms with Gasteiger partial charge >= 0.3 is 0 Å². The molecule has 0 aliphatic carbocycles. The minimum absolute atomic E-state index is 0.0725. The first-order valence-electron chi connectivity index (χ1n) is 10.5. The van der Waals surface area contributed by atoms with E-state index in [-0.39, 0.29) is 5.91 Å². The Kier molecular flexibility index (Phi) is 6.73. The molecule has 0 atom stereocenters. The van der Waals surface area contributed by atoms with E-state index in [1.54, 1.807) is 0 Å². The number of rotatable bonds is 8. The van der Waals surface area contributed by atoms with Crippen LogP contribution in [0.5, 0.6) is 0 Å². The third-order valence-corrected chi connectivity index (χ3v) is 5.51. The first-order chi connectivity index (χ1) is 15.5. The molecule has 0 radical (unpaired) electrons. The van der Waals surface area contributed by atoms with Crippen molar-refractivity contribution in [3.63, 3.8) is 0 Å². The van der Waals surface area contributed by atoms with Gasteiger partial charge in [-0.3, -0.25) is 9.89 Å².